The topological polar surface area (TPSA) is 93.1 Å². The smallest absolute Gasteiger partial charge is 0.202 e. The Morgan fingerprint density at radius 1 is 1.16 bits per heavy atom. The van der Waals surface area contributed by atoms with Crippen LogP contribution in [0.15, 0.2) is 11.6 Å². The lowest BCUT2D eigenvalue weighted by Gasteiger charge is -2.58. The van der Waals surface area contributed by atoms with Crippen molar-refractivity contribution in [2.45, 2.75) is 83.1 Å². The van der Waals surface area contributed by atoms with E-state index < -0.39 is 34.9 Å². The van der Waals surface area contributed by atoms with Gasteiger partial charge in [-0.15, -0.1) is 0 Å². The standard InChI is InChI=1S/C25H34O6/c1-10-6-15(10)25-24(29)13(4)19-17(30-25)8-11(2)18(19)21(28)22(24)23(5,31-25)9-14-16(26)7-12(3)20(14)27/h7,10-11,13-19,22,26,29H,6,8-9H2,1-5H3/t10-,11-,13+,14+,15?,16-,17-,18+,19-,22-,23-,24+,25+/m0/s1. The number of rotatable bonds is 3. The van der Waals surface area contributed by atoms with Gasteiger partial charge in [0.1, 0.15) is 11.4 Å². The minimum Gasteiger partial charge on any atom is -0.388 e. The molecule has 4 aliphatic carbocycles. The monoisotopic (exact) mass is 430 g/mol. The first kappa shape index (κ1) is 20.5. The molecule has 2 aliphatic heterocycles. The van der Waals surface area contributed by atoms with Crippen LogP contribution in [0, 0.1) is 47.3 Å². The van der Waals surface area contributed by atoms with E-state index in [2.05, 4.69) is 20.8 Å². The number of aliphatic hydroxyl groups is 2. The van der Waals surface area contributed by atoms with Crippen LogP contribution < -0.4 is 0 Å². The second kappa shape index (κ2) is 5.88. The third-order valence-corrected chi connectivity index (χ3v) is 10.0. The summed E-state index contributed by atoms with van der Waals surface area (Å²) in [5, 5.41) is 23.0. The maximum Gasteiger partial charge on any atom is 0.202 e. The zero-order valence-electron chi connectivity index (χ0n) is 19.0. The van der Waals surface area contributed by atoms with E-state index in [1.54, 1.807) is 13.0 Å². The van der Waals surface area contributed by atoms with Gasteiger partial charge < -0.3 is 19.7 Å². The number of allylic oxidation sites excluding steroid dienone is 1. The largest absolute Gasteiger partial charge is 0.388 e. The van der Waals surface area contributed by atoms with Crippen molar-refractivity contribution in [2.24, 2.45) is 47.3 Å². The molecule has 6 heteroatoms. The van der Waals surface area contributed by atoms with Gasteiger partial charge in [-0.25, -0.2) is 0 Å². The molecule has 5 fully saturated rings. The molecule has 0 aromatic rings. The van der Waals surface area contributed by atoms with Crippen LogP contribution in [0.1, 0.15) is 53.9 Å². The quantitative estimate of drug-likeness (QED) is 0.714. The summed E-state index contributed by atoms with van der Waals surface area (Å²) >= 11 is 0. The Balaban J connectivity index is 1.49. The molecule has 0 aromatic heterocycles. The summed E-state index contributed by atoms with van der Waals surface area (Å²) < 4.78 is 13.6. The molecule has 0 radical (unpaired) electrons. The zero-order chi connectivity index (χ0) is 22.2. The molecule has 6 rings (SSSR count). The van der Waals surface area contributed by atoms with E-state index >= 15 is 0 Å². The highest BCUT2D eigenvalue weighted by molar-refractivity contribution is 6.00. The van der Waals surface area contributed by atoms with Crippen molar-refractivity contribution in [1.82, 2.24) is 0 Å². The maximum atomic E-state index is 14.0. The molecule has 2 bridgehead atoms. The average molecular weight is 431 g/mol. The van der Waals surface area contributed by atoms with Gasteiger partial charge in [-0.1, -0.05) is 20.8 Å². The zero-order valence-corrected chi connectivity index (χ0v) is 19.0. The van der Waals surface area contributed by atoms with Crippen LogP contribution in [-0.2, 0) is 19.1 Å². The molecule has 0 amide bonds. The Bertz CT molecular complexity index is 912. The molecular weight excluding hydrogens is 396 g/mol. The fraction of sp³-hybridized carbons (Fsp3) is 0.840. The lowest BCUT2D eigenvalue weighted by molar-refractivity contribution is -0.375. The summed E-state index contributed by atoms with van der Waals surface area (Å²) in [6, 6.07) is 0. The van der Waals surface area contributed by atoms with Crippen molar-refractivity contribution < 1.29 is 29.3 Å². The number of hydrogen-bond acceptors (Lipinski definition) is 6. The van der Waals surface area contributed by atoms with Crippen LogP contribution in [0.25, 0.3) is 0 Å². The molecule has 2 saturated heterocycles. The summed E-state index contributed by atoms with van der Waals surface area (Å²) in [7, 11) is 0. The van der Waals surface area contributed by atoms with Gasteiger partial charge in [0.15, 0.2) is 5.78 Å². The predicted molar refractivity (Wildman–Crippen MR) is 111 cm³/mol. The van der Waals surface area contributed by atoms with E-state index in [1.807, 2.05) is 6.92 Å². The Morgan fingerprint density at radius 2 is 1.84 bits per heavy atom. The number of aliphatic hydroxyl groups excluding tert-OH is 1. The fourth-order valence-corrected chi connectivity index (χ4v) is 8.61. The van der Waals surface area contributed by atoms with E-state index in [-0.39, 0.29) is 53.7 Å². The molecule has 6 aliphatic rings. The predicted octanol–water partition coefficient (Wildman–Crippen LogP) is 2.26. The molecular formula is C25H34O6. The third kappa shape index (κ3) is 2.19. The van der Waals surface area contributed by atoms with Crippen LogP contribution in [0.2, 0.25) is 0 Å². The molecule has 0 spiro atoms. The maximum absolute atomic E-state index is 14.0. The Kier molecular flexibility index (Phi) is 3.89. The molecule has 31 heavy (non-hydrogen) atoms. The number of carbonyl (C=O) groups excluding carboxylic acids is 2. The van der Waals surface area contributed by atoms with Crippen molar-refractivity contribution in [3.63, 3.8) is 0 Å². The first-order valence-corrected chi connectivity index (χ1v) is 12.0. The molecule has 2 heterocycles. The second-order valence-corrected chi connectivity index (χ2v) is 11.8. The molecule has 3 saturated carbocycles. The summed E-state index contributed by atoms with van der Waals surface area (Å²) in [6.07, 6.45) is 2.54. The summed E-state index contributed by atoms with van der Waals surface area (Å²) in [5.74, 6) is -2.32. The van der Waals surface area contributed by atoms with Crippen molar-refractivity contribution >= 4 is 11.6 Å². The lowest BCUT2D eigenvalue weighted by Crippen LogP contribution is -2.73. The van der Waals surface area contributed by atoms with E-state index in [0.29, 0.717) is 11.5 Å². The van der Waals surface area contributed by atoms with Crippen LogP contribution in [-0.4, -0.2) is 51.0 Å². The highest BCUT2D eigenvalue weighted by Gasteiger charge is 2.85. The van der Waals surface area contributed by atoms with Gasteiger partial charge in [0.05, 0.1) is 29.6 Å². The summed E-state index contributed by atoms with van der Waals surface area (Å²) in [4.78, 5) is 26.8. The fourth-order valence-electron chi connectivity index (χ4n) is 8.61. The Morgan fingerprint density at radius 3 is 2.42 bits per heavy atom. The lowest BCUT2D eigenvalue weighted by atomic mass is 9.52. The van der Waals surface area contributed by atoms with Crippen LogP contribution >= 0.6 is 0 Å². The van der Waals surface area contributed by atoms with Gasteiger partial charge in [0.25, 0.3) is 0 Å². The summed E-state index contributed by atoms with van der Waals surface area (Å²) in [6.45, 7) is 9.91. The van der Waals surface area contributed by atoms with Crippen LogP contribution in [0.4, 0.5) is 0 Å². The van der Waals surface area contributed by atoms with Gasteiger partial charge in [-0.3, -0.25) is 9.59 Å². The van der Waals surface area contributed by atoms with Gasteiger partial charge in [0.2, 0.25) is 5.79 Å². The van der Waals surface area contributed by atoms with E-state index in [9.17, 15) is 19.8 Å². The molecule has 13 atom stereocenters. The minimum absolute atomic E-state index is 0.0134. The highest BCUT2D eigenvalue weighted by atomic mass is 16.7. The first-order valence-electron chi connectivity index (χ1n) is 12.0. The normalized spacial score (nSPS) is 61.7. The van der Waals surface area contributed by atoms with Crippen LogP contribution in [0.3, 0.4) is 0 Å². The van der Waals surface area contributed by atoms with Crippen molar-refractivity contribution in [3.05, 3.63) is 11.6 Å². The molecule has 170 valence electrons. The SMILES string of the molecule is CC1=C[C@H](O)[C@@H](C[C@]2(C)O[C@@]3(C4C[C@@H]4C)O[C@H]4C[C@H](C)[C@H]5C(=O)[C@@H]2[C@]3(O)[C@H](C)[C@H]54)C1=O. The average Bonchev–Trinajstić information content (AvgIpc) is 3.16. The molecule has 1 unspecified atom stereocenters. The number of Topliss-reactive ketones (excluding diaryl/α,β-unsaturated/α-hetero) is 2. The van der Waals surface area contributed by atoms with Crippen molar-refractivity contribution in [2.75, 3.05) is 0 Å². The first-order chi connectivity index (χ1) is 14.5. The van der Waals surface area contributed by atoms with Gasteiger partial charge >= 0.3 is 0 Å². The molecule has 6 nitrogen and oxygen atoms in total. The summed E-state index contributed by atoms with van der Waals surface area (Å²) in [5.41, 5.74) is -1.93. The van der Waals surface area contributed by atoms with Gasteiger partial charge in [-0.2, -0.15) is 0 Å². The van der Waals surface area contributed by atoms with Crippen molar-refractivity contribution in [1.29, 1.82) is 0 Å². The van der Waals surface area contributed by atoms with E-state index in [4.69, 9.17) is 9.47 Å². The number of ether oxygens (including phenoxy) is 2. The van der Waals surface area contributed by atoms with Crippen LogP contribution in [0.5, 0.6) is 0 Å². The minimum atomic E-state index is -1.41. The van der Waals surface area contributed by atoms with E-state index in [1.165, 1.54) is 0 Å². The Hall–Kier alpha value is -1.08. The molecule has 2 N–H and O–H groups in total. The third-order valence-electron chi connectivity index (χ3n) is 10.0. The number of hydrogen-bond donors (Lipinski definition) is 2. The second-order valence-electron chi connectivity index (χ2n) is 11.8. The molecule has 0 aromatic carbocycles. The number of carbonyl (C=O) groups is 2. The Labute approximate surface area is 183 Å². The van der Waals surface area contributed by atoms with Crippen molar-refractivity contribution in [3.8, 4) is 0 Å². The number of ketones is 2. The van der Waals surface area contributed by atoms with E-state index in [0.717, 1.165) is 12.8 Å². The highest BCUT2D eigenvalue weighted by Crippen LogP contribution is 2.73. The van der Waals surface area contributed by atoms with Gasteiger partial charge in [-0.05, 0) is 62.5 Å². The van der Waals surface area contributed by atoms with Gasteiger partial charge in [0, 0.05) is 17.8 Å².